The highest BCUT2D eigenvalue weighted by atomic mass is 79.9. The summed E-state index contributed by atoms with van der Waals surface area (Å²) in [7, 11) is 1.33. The molecule has 110 valence electrons. The number of benzene rings is 1. The maximum Gasteiger partial charge on any atom is 0.270 e. The lowest BCUT2D eigenvalue weighted by atomic mass is 10.1. The maximum absolute atomic E-state index is 12.1. The number of hydrogen-bond acceptors (Lipinski definition) is 5. The number of rotatable bonds is 3. The van der Waals surface area contributed by atoms with Crippen molar-refractivity contribution in [3.63, 3.8) is 0 Å². The number of halogens is 1. The summed E-state index contributed by atoms with van der Waals surface area (Å²) in [5, 5.41) is 13.1. The van der Waals surface area contributed by atoms with Gasteiger partial charge in [0.05, 0.1) is 16.9 Å². The standard InChI is InChI=1S/C12H10BrN3O5/c1-15-10(17)5-9(12(15)19)14-11(18)7-4-6(16(20)21)2-3-8(7)13/h2-4,9H,5H2,1H3,(H,14,18). The van der Waals surface area contributed by atoms with E-state index in [0.29, 0.717) is 4.47 Å². The second-order valence-electron chi connectivity index (χ2n) is 4.44. The third-order valence-corrected chi connectivity index (χ3v) is 3.78. The van der Waals surface area contributed by atoms with Gasteiger partial charge >= 0.3 is 0 Å². The van der Waals surface area contributed by atoms with Gasteiger partial charge in [-0.1, -0.05) is 0 Å². The zero-order valence-corrected chi connectivity index (χ0v) is 12.4. The van der Waals surface area contributed by atoms with Crippen LogP contribution in [0.2, 0.25) is 0 Å². The van der Waals surface area contributed by atoms with Crippen molar-refractivity contribution < 1.29 is 19.3 Å². The molecular weight excluding hydrogens is 346 g/mol. The number of nitrogens with one attached hydrogen (secondary N) is 1. The van der Waals surface area contributed by atoms with E-state index < -0.39 is 22.8 Å². The summed E-state index contributed by atoms with van der Waals surface area (Å²) in [6.07, 6.45) is -0.117. The molecule has 1 aliphatic rings. The molecule has 1 fully saturated rings. The molecule has 9 heteroatoms. The van der Waals surface area contributed by atoms with Gasteiger partial charge in [0, 0.05) is 23.7 Å². The van der Waals surface area contributed by atoms with E-state index in [1.165, 1.54) is 19.2 Å². The first-order valence-corrected chi connectivity index (χ1v) is 6.65. The molecule has 21 heavy (non-hydrogen) atoms. The molecule has 1 aromatic carbocycles. The van der Waals surface area contributed by atoms with E-state index in [1.807, 2.05) is 0 Å². The van der Waals surface area contributed by atoms with E-state index in [4.69, 9.17) is 0 Å². The fourth-order valence-corrected chi connectivity index (χ4v) is 2.33. The molecule has 1 atom stereocenters. The number of carbonyl (C=O) groups excluding carboxylic acids is 3. The van der Waals surface area contributed by atoms with Crippen molar-refractivity contribution in [2.75, 3.05) is 7.05 Å². The molecule has 2 rings (SSSR count). The molecule has 0 aromatic heterocycles. The maximum atomic E-state index is 12.1. The third kappa shape index (κ3) is 2.92. The molecule has 1 heterocycles. The lowest BCUT2D eigenvalue weighted by Gasteiger charge is -2.11. The highest BCUT2D eigenvalue weighted by Crippen LogP contribution is 2.23. The van der Waals surface area contributed by atoms with Crippen LogP contribution in [0.5, 0.6) is 0 Å². The highest BCUT2D eigenvalue weighted by Gasteiger charge is 2.37. The number of nitro groups is 1. The van der Waals surface area contributed by atoms with Crippen LogP contribution in [0, 0.1) is 10.1 Å². The summed E-state index contributed by atoms with van der Waals surface area (Å²) in [5.74, 6) is -1.55. The minimum Gasteiger partial charge on any atom is -0.340 e. The second-order valence-corrected chi connectivity index (χ2v) is 5.30. The SMILES string of the molecule is CN1C(=O)CC(NC(=O)c2cc([N+](=O)[O-])ccc2Br)C1=O. The van der Waals surface area contributed by atoms with E-state index in [2.05, 4.69) is 21.2 Å². The number of likely N-dealkylation sites (N-methyl/N-ethyl adjacent to an activating group) is 1. The fraction of sp³-hybridized carbons (Fsp3) is 0.250. The number of amides is 3. The van der Waals surface area contributed by atoms with Crippen LogP contribution in [-0.4, -0.2) is 40.6 Å². The Labute approximate surface area is 127 Å². The summed E-state index contributed by atoms with van der Waals surface area (Å²) in [6, 6.07) is 2.78. The topological polar surface area (TPSA) is 110 Å². The quantitative estimate of drug-likeness (QED) is 0.490. The predicted octanol–water partition coefficient (Wildman–Crippen LogP) is 0.844. The first-order chi connectivity index (χ1) is 9.81. The van der Waals surface area contributed by atoms with Crippen molar-refractivity contribution in [3.05, 3.63) is 38.3 Å². The van der Waals surface area contributed by atoms with Crippen LogP contribution in [0.1, 0.15) is 16.8 Å². The lowest BCUT2D eigenvalue weighted by Crippen LogP contribution is -2.40. The Morgan fingerprint density at radius 3 is 2.67 bits per heavy atom. The molecule has 0 radical (unpaired) electrons. The number of non-ortho nitro benzene ring substituents is 1. The molecule has 1 saturated heterocycles. The highest BCUT2D eigenvalue weighted by molar-refractivity contribution is 9.10. The number of nitro benzene ring substituents is 1. The molecule has 0 aliphatic carbocycles. The Kier molecular flexibility index (Phi) is 4.03. The number of nitrogens with zero attached hydrogens (tertiary/aromatic N) is 2. The van der Waals surface area contributed by atoms with Gasteiger partial charge in [0.2, 0.25) is 5.91 Å². The minimum absolute atomic E-state index is 0.0269. The number of carbonyl (C=O) groups is 3. The van der Waals surface area contributed by atoms with Crippen molar-refractivity contribution in [2.24, 2.45) is 0 Å². The van der Waals surface area contributed by atoms with E-state index in [0.717, 1.165) is 11.0 Å². The van der Waals surface area contributed by atoms with Crippen LogP contribution >= 0.6 is 15.9 Å². The van der Waals surface area contributed by atoms with Crippen molar-refractivity contribution in [1.29, 1.82) is 0 Å². The predicted molar refractivity (Wildman–Crippen MR) is 74.4 cm³/mol. The van der Waals surface area contributed by atoms with Crippen molar-refractivity contribution >= 4 is 39.3 Å². The smallest absolute Gasteiger partial charge is 0.270 e. The average molecular weight is 356 g/mol. The van der Waals surface area contributed by atoms with Gasteiger partial charge in [-0.05, 0) is 22.0 Å². The largest absolute Gasteiger partial charge is 0.340 e. The minimum atomic E-state index is -0.943. The number of imide groups is 1. The molecule has 0 saturated carbocycles. The van der Waals surface area contributed by atoms with E-state index in [-0.39, 0.29) is 23.6 Å². The van der Waals surface area contributed by atoms with Crippen LogP contribution in [-0.2, 0) is 9.59 Å². The van der Waals surface area contributed by atoms with Crippen molar-refractivity contribution in [2.45, 2.75) is 12.5 Å². The Morgan fingerprint density at radius 2 is 2.14 bits per heavy atom. The van der Waals surface area contributed by atoms with Gasteiger partial charge in [0.25, 0.3) is 17.5 Å². The zero-order valence-electron chi connectivity index (χ0n) is 10.8. The average Bonchev–Trinajstić information content (AvgIpc) is 2.66. The van der Waals surface area contributed by atoms with Crippen LogP contribution in [0.25, 0.3) is 0 Å². The Bertz CT molecular complexity index is 660. The monoisotopic (exact) mass is 355 g/mol. The Balaban J connectivity index is 2.21. The zero-order chi connectivity index (χ0) is 15.7. The van der Waals surface area contributed by atoms with Crippen molar-refractivity contribution in [1.82, 2.24) is 10.2 Å². The van der Waals surface area contributed by atoms with Gasteiger partial charge in [-0.15, -0.1) is 0 Å². The van der Waals surface area contributed by atoms with Gasteiger partial charge in [0.15, 0.2) is 0 Å². The van der Waals surface area contributed by atoms with Crippen LogP contribution in [0.3, 0.4) is 0 Å². The van der Waals surface area contributed by atoms with Gasteiger partial charge in [-0.25, -0.2) is 0 Å². The summed E-state index contributed by atoms with van der Waals surface area (Å²) >= 11 is 3.12. The second kappa shape index (κ2) is 5.60. The number of hydrogen-bond donors (Lipinski definition) is 1. The first-order valence-electron chi connectivity index (χ1n) is 5.86. The van der Waals surface area contributed by atoms with Gasteiger partial charge < -0.3 is 5.32 Å². The van der Waals surface area contributed by atoms with E-state index >= 15 is 0 Å². The molecular formula is C12H10BrN3O5. The summed E-state index contributed by atoms with van der Waals surface area (Å²) in [5.41, 5.74) is -0.215. The van der Waals surface area contributed by atoms with Gasteiger partial charge in [-0.2, -0.15) is 0 Å². The normalized spacial score (nSPS) is 18.0. The molecule has 0 spiro atoms. The van der Waals surface area contributed by atoms with Crippen molar-refractivity contribution in [3.8, 4) is 0 Å². The van der Waals surface area contributed by atoms with E-state index in [9.17, 15) is 24.5 Å². The molecule has 1 aromatic rings. The Hall–Kier alpha value is -2.29. The van der Waals surface area contributed by atoms with E-state index in [1.54, 1.807) is 0 Å². The summed E-state index contributed by atoms with van der Waals surface area (Å²) < 4.78 is 0.357. The fourth-order valence-electron chi connectivity index (χ4n) is 1.91. The molecule has 3 amide bonds. The third-order valence-electron chi connectivity index (χ3n) is 3.09. The first kappa shape index (κ1) is 15.1. The van der Waals surface area contributed by atoms with Crippen LogP contribution in [0.15, 0.2) is 22.7 Å². The Morgan fingerprint density at radius 1 is 1.48 bits per heavy atom. The number of likely N-dealkylation sites (tertiary alicyclic amines) is 1. The molecule has 8 nitrogen and oxygen atoms in total. The van der Waals surface area contributed by atoms with Gasteiger partial charge in [-0.3, -0.25) is 29.4 Å². The summed E-state index contributed by atoms with van der Waals surface area (Å²) in [4.78, 5) is 46.2. The lowest BCUT2D eigenvalue weighted by molar-refractivity contribution is -0.384. The molecule has 0 bridgehead atoms. The molecule has 1 aliphatic heterocycles. The molecule has 1 N–H and O–H groups in total. The van der Waals surface area contributed by atoms with Crippen LogP contribution < -0.4 is 5.32 Å². The van der Waals surface area contributed by atoms with Crippen LogP contribution in [0.4, 0.5) is 5.69 Å². The van der Waals surface area contributed by atoms with Gasteiger partial charge in [0.1, 0.15) is 6.04 Å². The summed E-state index contributed by atoms with van der Waals surface area (Å²) in [6.45, 7) is 0. The molecule has 1 unspecified atom stereocenters.